The summed E-state index contributed by atoms with van der Waals surface area (Å²) in [5, 5.41) is 2.88. The lowest BCUT2D eigenvalue weighted by molar-refractivity contribution is 0.0956. The lowest BCUT2D eigenvalue weighted by Gasteiger charge is -2.08. The zero-order chi connectivity index (χ0) is 16.9. The van der Waals surface area contributed by atoms with Crippen molar-refractivity contribution >= 4 is 27.3 Å². The molecule has 1 N–H and O–H groups in total. The fourth-order valence-electron chi connectivity index (χ4n) is 1.94. The molecule has 2 rings (SSSR count). The zero-order valence-corrected chi connectivity index (χ0v) is 14.0. The Bertz CT molecular complexity index is 788. The number of methoxy groups -OCH3 is 1. The molecular weight excluding hydrogens is 338 g/mol. The maximum atomic E-state index is 12.2. The number of halogens is 1. The molecule has 1 amide bonds. The standard InChI is InChI=1S/C16H16ClNO4S/c1-22-12-6-8-13(9-7-12)23(20,21)11-10-18-16(19)14-4-2-3-5-15(14)17/h2-9H,10-11H2,1H3,(H,18,19). The average molecular weight is 354 g/mol. The van der Waals surface area contributed by atoms with Gasteiger partial charge in [-0.25, -0.2) is 8.42 Å². The molecule has 2 aromatic carbocycles. The molecule has 0 unspecified atom stereocenters. The second-order valence-electron chi connectivity index (χ2n) is 4.73. The van der Waals surface area contributed by atoms with Gasteiger partial charge in [0.15, 0.2) is 9.84 Å². The van der Waals surface area contributed by atoms with Crippen LogP contribution in [0.4, 0.5) is 0 Å². The number of nitrogens with one attached hydrogen (secondary N) is 1. The Labute approximate surface area is 140 Å². The number of rotatable bonds is 6. The van der Waals surface area contributed by atoms with E-state index in [1.165, 1.54) is 19.2 Å². The van der Waals surface area contributed by atoms with Gasteiger partial charge in [0, 0.05) is 6.54 Å². The average Bonchev–Trinajstić information content (AvgIpc) is 2.55. The number of sulfone groups is 1. The summed E-state index contributed by atoms with van der Waals surface area (Å²) < 4.78 is 29.4. The van der Waals surface area contributed by atoms with E-state index >= 15 is 0 Å². The summed E-state index contributed by atoms with van der Waals surface area (Å²) in [7, 11) is -1.97. The van der Waals surface area contributed by atoms with Crippen LogP contribution in [0, 0.1) is 0 Å². The largest absolute Gasteiger partial charge is 0.497 e. The Morgan fingerprint density at radius 1 is 1.13 bits per heavy atom. The van der Waals surface area contributed by atoms with Gasteiger partial charge in [0.25, 0.3) is 5.91 Å². The van der Waals surface area contributed by atoms with Gasteiger partial charge in [-0.3, -0.25) is 4.79 Å². The Morgan fingerprint density at radius 3 is 2.39 bits per heavy atom. The quantitative estimate of drug-likeness (QED) is 0.866. The van der Waals surface area contributed by atoms with Gasteiger partial charge in [-0.15, -0.1) is 0 Å². The highest BCUT2D eigenvalue weighted by atomic mass is 35.5. The summed E-state index contributed by atoms with van der Waals surface area (Å²) in [6.07, 6.45) is 0. The summed E-state index contributed by atoms with van der Waals surface area (Å²) >= 11 is 5.92. The molecule has 122 valence electrons. The first-order valence-electron chi connectivity index (χ1n) is 6.83. The van der Waals surface area contributed by atoms with Crippen LogP contribution in [0.3, 0.4) is 0 Å². The molecule has 0 saturated carbocycles. The van der Waals surface area contributed by atoms with Crippen molar-refractivity contribution in [1.29, 1.82) is 0 Å². The third kappa shape index (κ3) is 4.46. The molecule has 0 aliphatic heterocycles. The second kappa shape index (κ2) is 7.48. The molecule has 0 radical (unpaired) electrons. The first-order valence-corrected chi connectivity index (χ1v) is 8.86. The number of hydrogen-bond acceptors (Lipinski definition) is 4. The Hall–Kier alpha value is -2.05. The maximum Gasteiger partial charge on any atom is 0.252 e. The predicted molar refractivity (Wildman–Crippen MR) is 88.8 cm³/mol. The first kappa shape index (κ1) is 17.3. The van der Waals surface area contributed by atoms with Crippen molar-refractivity contribution in [2.75, 3.05) is 19.4 Å². The third-order valence-electron chi connectivity index (χ3n) is 3.19. The van der Waals surface area contributed by atoms with E-state index < -0.39 is 15.7 Å². The first-order chi connectivity index (χ1) is 10.9. The molecule has 0 aromatic heterocycles. The number of carbonyl (C=O) groups is 1. The topological polar surface area (TPSA) is 72.5 Å². The van der Waals surface area contributed by atoms with Crippen LogP contribution >= 0.6 is 11.6 Å². The fraction of sp³-hybridized carbons (Fsp3) is 0.188. The summed E-state index contributed by atoms with van der Waals surface area (Å²) in [6.45, 7) is -0.00157. The van der Waals surface area contributed by atoms with E-state index in [0.717, 1.165) is 0 Å². The molecule has 23 heavy (non-hydrogen) atoms. The minimum Gasteiger partial charge on any atom is -0.497 e. The van der Waals surface area contributed by atoms with Crippen molar-refractivity contribution in [1.82, 2.24) is 5.32 Å². The minimum absolute atomic E-state index is 0.00157. The summed E-state index contributed by atoms with van der Waals surface area (Å²) in [5.74, 6) is -0.0216. The molecule has 0 fully saturated rings. The SMILES string of the molecule is COc1ccc(S(=O)(=O)CCNC(=O)c2ccccc2Cl)cc1. The summed E-state index contributed by atoms with van der Waals surface area (Å²) in [4.78, 5) is 12.1. The zero-order valence-electron chi connectivity index (χ0n) is 12.5. The Balaban J connectivity index is 1.97. The van der Waals surface area contributed by atoms with Gasteiger partial charge < -0.3 is 10.1 Å². The molecule has 0 atom stereocenters. The molecule has 0 spiro atoms. The Morgan fingerprint density at radius 2 is 1.78 bits per heavy atom. The van der Waals surface area contributed by atoms with Gasteiger partial charge in [-0.1, -0.05) is 23.7 Å². The smallest absolute Gasteiger partial charge is 0.252 e. The van der Waals surface area contributed by atoms with E-state index in [1.54, 1.807) is 36.4 Å². The number of amides is 1. The van der Waals surface area contributed by atoms with E-state index in [4.69, 9.17) is 16.3 Å². The van der Waals surface area contributed by atoms with Crippen LogP contribution < -0.4 is 10.1 Å². The van der Waals surface area contributed by atoms with Crippen LogP contribution in [0.5, 0.6) is 5.75 Å². The van der Waals surface area contributed by atoms with Gasteiger partial charge in [-0.2, -0.15) is 0 Å². The lowest BCUT2D eigenvalue weighted by Crippen LogP contribution is -2.29. The summed E-state index contributed by atoms with van der Waals surface area (Å²) in [5.41, 5.74) is 0.316. The lowest BCUT2D eigenvalue weighted by atomic mass is 10.2. The van der Waals surface area contributed by atoms with Crippen LogP contribution in [0.1, 0.15) is 10.4 Å². The van der Waals surface area contributed by atoms with Gasteiger partial charge in [0.2, 0.25) is 0 Å². The molecule has 0 bridgehead atoms. The number of ether oxygens (including phenoxy) is 1. The highest BCUT2D eigenvalue weighted by Gasteiger charge is 2.16. The molecule has 0 heterocycles. The molecular formula is C16H16ClNO4S. The predicted octanol–water partition coefficient (Wildman–Crippen LogP) is 2.55. The number of benzene rings is 2. The molecule has 0 saturated heterocycles. The molecule has 7 heteroatoms. The van der Waals surface area contributed by atoms with Crippen molar-refractivity contribution < 1.29 is 17.9 Å². The van der Waals surface area contributed by atoms with E-state index in [9.17, 15) is 13.2 Å². The number of carbonyl (C=O) groups excluding carboxylic acids is 1. The van der Waals surface area contributed by atoms with E-state index in [1.807, 2.05) is 0 Å². The molecule has 2 aromatic rings. The third-order valence-corrected chi connectivity index (χ3v) is 5.25. The highest BCUT2D eigenvalue weighted by Crippen LogP contribution is 2.17. The van der Waals surface area contributed by atoms with Crippen molar-refractivity contribution in [3.63, 3.8) is 0 Å². The molecule has 5 nitrogen and oxygen atoms in total. The van der Waals surface area contributed by atoms with Crippen LogP contribution in [0.2, 0.25) is 5.02 Å². The van der Waals surface area contributed by atoms with Crippen molar-refractivity contribution in [2.24, 2.45) is 0 Å². The van der Waals surface area contributed by atoms with Gasteiger partial charge >= 0.3 is 0 Å². The minimum atomic E-state index is -3.48. The van der Waals surface area contributed by atoms with Gasteiger partial charge in [0.1, 0.15) is 5.75 Å². The normalized spacial score (nSPS) is 11.0. The van der Waals surface area contributed by atoms with Crippen LogP contribution in [0.25, 0.3) is 0 Å². The van der Waals surface area contributed by atoms with Crippen LogP contribution in [-0.4, -0.2) is 33.7 Å². The van der Waals surface area contributed by atoms with E-state index in [0.29, 0.717) is 16.3 Å². The summed E-state index contributed by atoms with van der Waals surface area (Å²) in [6, 6.07) is 12.7. The van der Waals surface area contributed by atoms with Crippen molar-refractivity contribution in [3.05, 3.63) is 59.1 Å². The van der Waals surface area contributed by atoms with Gasteiger partial charge in [-0.05, 0) is 36.4 Å². The van der Waals surface area contributed by atoms with E-state index in [-0.39, 0.29) is 17.2 Å². The van der Waals surface area contributed by atoms with Crippen molar-refractivity contribution in [3.8, 4) is 5.75 Å². The molecule has 0 aliphatic rings. The second-order valence-corrected chi connectivity index (χ2v) is 7.25. The van der Waals surface area contributed by atoms with E-state index in [2.05, 4.69) is 5.32 Å². The van der Waals surface area contributed by atoms with Crippen molar-refractivity contribution in [2.45, 2.75) is 4.90 Å². The highest BCUT2D eigenvalue weighted by molar-refractivity contribution is 7.91. The monoisotopic (exact) mass is 353 g/mol. The maximum absolute atomic E-state index is 12.2. The fourth-order valence-corrected chi connectivity index (χ4v) is 3.32. The van der Waals surface area contributed by atoms with Crippen LogP contribution in [0.15, 0.2) is 53.4 Å². The van der Waals surface area contributed by atoms with Crippen LogP contribution in [-0.2, 0) is 9.84 Å². The number of hydrogen-bond donors (Lipinski definition) is 1. The van der Waals surface area contributed by atoms with Gasteiger partial charge in [0.05, 0.1) is 28.3 Å². The molecule has 0 aliphatic carbocycles. The Kier molecular flexibility index (Phi) is 5.63.